The lowest BCUT2D eigenvalue weighted by Crippen LogP contribution is -2.43. The number of benzene rings is 1. The highest BCUT2D eigenvalue weighted by atomic mass is 32.1. The van der Waals surface area contributed by atoms with E-state index in [1.807, 2.05) is 0 Å². The zero-order chi connectivity index (χ0) is 23.4. The highest BCUT2D eigenvalue weighted by Crippen LogP contribution is 2.39. The lowest BCUT2D eigenvalue weighted by Gasteiger charge is -2.31. The maximum absolute atomic E-state index is 13.3. The summed E-state index contributed by atoms with van der Waals surface area (Å²) in [6, 6.07) is 9.41. The van der Waals surface area contributed by atoms with E-state index in [2.05, 4.69) is 4.90 Å². The highest BCUT2D eigenvalue weighted by Gasteiger charge is 2.44. The Hall–Kier alpha value is -3.21. The summed E-state index contributed by atoms with van der Waals surface area (Å²) in [5, 5.41) is 12.5. The predicted molar refractivity (Wildman–Crippen MR) is 121 cm³/mol. The SMILES string of the molecule is NC(=O)COc1ccc([C@H]2C(C(=O)c3cccs3)=C(O)C(=O)N2CCN2CCOCC2)cc1. The van der Waals surface area contributed by atoms with Gasteiger partial charge in [-0.25, -0.2) is 0 Å². The van der Waals surface area contributed by atoms with Crippen LogP contribution in [0.2, 0.25) is 0 Å². The number of amides is 2. The van der Waals surface area contributed by atoms with Gasteiger partial charge in [-0.1, -0.05) is 18.2 Å². The van der Waals surface area contributed by atoms with Gasteiger partial charge in [-0.3, -0.25) is 19.3 Å². The van der Waals surface area contributed by atoms with E-state index in [-0.39, 0.29) is 18.0 Å². The first-order valence-electron chi connectivity index (χ1n) is 10.6. The molecule has 1 aromatic heterocycles. The number of aliphatic hydroxyl groups excluding tert-OH is 1. The highest BCUT2D eigenvalue weighted by molar-refractivity contribution is 7.12. The molecule has 0 bridgehead atoms. The van der Waals surface area contributed by atoms with Gasteiger partial charge in [0.1, 0.15) is 5.75 Å². The minimum absolute atomic E-state index is 0.0650. The fourth-order valence-electron chi connectivity index (χ4n) is 3.98. The lowest BCUT2D eigenvalue weighted by atomic mass is 9.95. The zero-order valence-corrected chi connectivity index (χ0v) is 18.8. The number of primary amides is 1. The van der Waals surface area contributed by atoms with Crippen molar-refractivity contribution in [2.45, 2.75) is 6.04 Å². The van der Waals surface area contributed by atoms with Crippen LogP contribution in [0.3, 0.4) is 0 Å². The molecular formula is C23H25N3O6S. The standard InChI is InChI=1S/C23H25N3O6S/c24-18(27)14-32-16-5-3-15(4-6-16)20-19(21(28)17-2-1-13-33-17)22(29)23(30)26(20)8-7-25-9-11-31-12-10-25/h1-6,13,20,29H,7-12,14H2,(H2,24,27)/t20-/m0/s1. The van der Waals surface area contributed by atoms with Gasteiger partial charge in [-0.05, 0) is 29.1 Å². The Morgan fingerprint density at radius 1 is 1.15 bits per heavy atom. The van der Waals surface area contributed by atoms with Crippen LogP contribution in [-0.2, 0) is 14.3 Å². The first kappa shape index (κ1) is 23.0. The van der Waals surface area contributed by atoms with E-state index in [4.69, 9.17) is 15.2 Å². The third kappa shape index (κ3) is 5.08. The topological polar surface area (TPSA) is 122 Å². The van der Waals surface area contributed by atoms with Gasteiger partial charge in [-0.15, -0.1) is 11.3 Å². The van der Waals surface area contributed by atoms with Crippen molar-refractivity contribution in [1.29, 1.82) is 0 Å². The van der Waals surface area contributed by atoms with Crippen molar-refractivity contribution in [2.24, 2.45) is 5.73 Å². The van der Waals surface area contributed by atoms with Crippen molar-refractivity contribution in [1.82, 2.24) is 9.80 Å². The Morgan fingerprint density at radius 2 is 1.88 bits per heavy atom. The minimum atomic E-state index is -0.738. The van der Waals surface area contributed by atoms with Crippen LogP contribution in [0, 0.1) is 0 Å². The predicted octanol–water partition coefficient (Wildman–Crippen LogP) is 1.52. The van der Waals surface area contributed by atoms with Crippen molar-refractivity contribution in [3.63, 3.8) is 0 Å². The van der Waals surface area contributed by atoms with E-state index in [0.29, 0.717) is 42.5 Å². The molecule has 1 aromatic carbocycles. The second-order valence-corrected chi connectivity index (χ2v) is 8.70. The Kier molecular flexibility index (Phi) is 7.07. The number of hydrogen-bond acceptors (Lipinski definition) is 8. The fourth-order valence-corrected chi connectivity index (χ4v) is 4.66. The molecule has 174 valence electrons. The first-order valence-corrected chi connectivity index (χ1v) is 11.5. The molecular weight excluding hydrogens is 446 g/mol. The molecule has 0 unspecified atom stereocenters. The van der Waals surface area contributed by atoms with Crippen LogP contribution in [0.5, 0.6) is 5.75 Å². The van der Waals surface area contributed by atoms with Gasteiger partial charge in [-0.2, -0.15) is 0 Å². The van der Waals surface area contributed by atoms with Crippen LogP contribution in [0.25, 0.3) is 0 Å². The number of morpholine rings is 1. The molecule has 0 aliphatic carbocycles. The van der Waals surface area contributed by atoms with E-state index < -0.39 is 23.6 Å². The quantitative estimate of drug-likeness (QED) is 0.532. The minimum Gasteiger partial charge on any atom is -0.503 e. The van der Waals surface area contributed by atoms with Gasteiger partial charge in [0.15, 0.2) is 12.4 Å². The molecule has 4 rings (SSSR count). The molecule has 2 aliphatic rings. The van der Waals surface area contributed by atoms with E-state index in [1.54, 1.807) is 41.8 Å². The van der Waals surface area contributed by atoms with Gasteiger partial charge in [0, 0.05) is 26.2 Å². The molecule has 2 amide bonds. The second kappa shape index (κ2) is 10.2. The number of nitrogens with zero attached hydrogens (tertiary/aromatic N) is 2. The van der Waals surface area contributed by atoms with Crippen molar-refractivity contribution >= 4 is 28.9 Å². The Labute approximate surface area is 195 Å². The molecule has 0 saturated carbocycles. The molecule has 33 heavy (non-hydrogen) atoms. The molecule has 3 heterocycles. The van der Waals surface area contributed by atoms with Crippen LogP contribution < -0.4 is 10.5 Å². The van der Waals surface area contributed by atoms with Gasteiger partial charge >= 0.3 is 0 Å². The van der Waals surface area contributed by atoms with E-state index in [1.165, 1.54) is 16.2 Å². The third-order valence-corrected chi connectivity index (χ3v) is 6.50. The summed E-state index contributed by atoms with van der Waals surface area (Å²) in [6.07, 6.45) is 0. The number of carbonyl (C=O) groups excluding carboxylic acids is 3. The number of Topliss-reactive ketones (excluding diaryl/α,β-unsaturated/α-hetero) is 1. The van der Waals surface area contributed by atoms with Gasteiger partial charge in [0.2, 0.25) is 5.78 Å². The van der Waals surface area contributed by atoms with E-state index in [0.717, 1.165) is 13.1 Å². The van der Waals surface area contributed by atoms with Gasteiger partial charge in [0.05, 0.1) is 29.7 Å². The van der Waals surface area contributed by atoms with Crippen LogP contribution in [0.1, 0.15) is 21.3 Å². The van der Waals surface area contributed by atoms with Crippen LogP contribution >= 0.6 is 11.3 Å². The third-order valence-electron chi connectivity index (χ3n) is 5.63. The average molecular weight is 472 g/mol. The molecule has 10 heteroatoms. The summed E-state index contributed by atoms with van der Waals surface area (Å²) in [5.41, 5.74) is 5.84. The largest absolute Gasteiger partial charge is 0.503 e. The van der Waals surface area contributed by atoms with Crippen LogP contribution in [0.4, 0.5) is 0 Å². The van der Waals surface area contributed by atoms with Crippen molar-refractivity contribution in [2.75, 3.05) is 46.0 Å². The molecule has 2 aromatic rings. The van der Waals surface area contributed by atoms with E-state index in [9.17, 15) is 19.5 Å². The summed E-state index contributed by atoms with van der Waals surface area (Å²) in [5.74, 6) is -1.62. The number of rotatable bonds is 9. The number of ketones is 1. The molecule has 1 atom stereocenters. The van der Waals surface area contributed by atoms with Crippen molar-refractivity contribution < 1.29 is 29.0 Å². The van der Waals surface area contributed by atoms with E-state index >= 15 is 0 Å². The normalized spacial score (nSPS) is 19.2. The molecule has 1 saturated heterocycles. The van der Waals surface area contributed by atoms with Crippen LogP contribution in [-0.4, -0.2) is 78.5 Å². The first-order chi connectivity index (χ1) is 16.0. The van der Waals surface area contributed by atoms with Crippen molar-refractivity contribution in [3.05, 3.63) is 63.6 Å². The van der Waals surface area contributed by atoms with Gasteiger partial charge < -0.3 is 25.2 Å². The second-order valence-electron chi connectivity index (χ2n) is 7.75. The van der Waals surface area contributed by atoms with Crippen molar-refractivity contribution in [3.8, 4) is 5.75 Å². The summed E-state index contributed by atoms with van der Waals surface area (Å²) in [4.78, 5) is 41.4. The summed E-state index contributed by atoms with van der Waals surface area (Å²) >= 11 is 1.26. The number of nitrogens with two attached hydrogens (primary N) is 1. The fraction of sp³-hybridized carbons (Fsp3) is 0.348. The summed E-state index contributed by atoms with van der Waals surface area (Å²) < 4.78 is 10.7. The number of carbonyl (C=O) groups is 3. The Bertz CT molecular complexity index is 1040. The Balaban J connectivity index is 1.62. The average Bonchev–Trinajstić information content (AvgIpc) is 3.45. The molecule has 3 N–H and O–H groups in total. The number of ether oxygens (including phenoxy) is 2. The molecule has 2 aliphatic heterocycles. The number of hydrogen-bond donors (Lipinski definition) is 2. The summed E-state index contributed by atoms with van der Waals surface area (Å²) in [7, 11) is 0. The molecule has 0 radical (unpaired) electrons. The lowest BCUT2D eigenvalue weighted by molar-refractivity contribution is -0.129. The summed E-state index contributed by atoms with van der Waals surface area (Å²) in [6.45, 7) is 3.48. The maximum Gasteiger partial charge on any atom is 0.290 e. The molecule has 9 nitrogen and oxygen atoms in total. The van der Waals surface area contributed by atoms with Crippen LogP contribution in [0.15, 0.2) is 53.1 Å². The zero-order valence-electron chi connectivity index (χ0n) is 17.9. The monoisotopic (exact) mass is 471 g/mol. The smallest absolute Gasteiger partial charge is 0.290 e. The van der Waals surface area contributed by atoms with Gasteiger partial charge in [0.25, 0.3) is 11.8 Å². The number of thiophene rings is 1. The number of aliphatic hydroxyl groups is 1. The Morgan fingerprint density at radius 3 is 2.52 bits per heavy atom. The molecule has 1 fully saturated rings. The molecule has 0 spiro atoms. The maximum atomic E-state index is 13.3.